The number of hydrogen-bond donors (Lipinski definition) is 3. The van der Waals surface area contributed by atoms with E-state index in [9.17, 15) is 14.7 Å². The lowest BCUT2D eigenvalue weighted by molar-refractivity contribution is -0.154. The van der Waals surface area contributed by atoms with E-state index in [2.05, 4.69) is 15.6 Å². The Kier molecular flexibility index (Phi) is 5.95. The van der Waals surface area contributed by atoms with Gasteiger partial charge in [-0.2, -0.15) is 0 Å². The first-order valence-electron chi connectivity index (χ1n) is 9.85. The van der Waals surface area contributed by atoms with Gasteiger partial charge in [0, 0.05) is 26.4 Å². The van der Waals surface area contributed by atoms with Crippen molar-refractivity contribution in [1.82, 2.24) is 10.6 Å². The van der Waals surface area contributed by atoms with Crippen LogP contribution in [-0.2, 0) is 14.3 Å². The third-order valence-corrected chi connectivity index (χ3v) is 5.98. The number of aliphatic hydroxyl groups is 1. The van der Waals surface area contributed by atoms with Crippen molar-refractivity contribution in [3.63, 3.8) is 0 Å². The van der Waals surface area contributed by atoms with Crippen LogP contribution in [0.1, 0.15) is 50.4 Å². The number of benzene rings is 1. The normalized spacial score (nSPS) is 33.7. The second-order valence-electron chi connectivity index (χ2n) is 8.05. The zero-order valence-corrected chi connectivity index (χ0v) is 17.3. The van der Waals surface area contributed by atoms with Crippen LogP contribution in [0.25, 0.3) is 0 Å². The zero-order chi connectivity index (χ0) is 21.2. The minimum Gasteiger partial charge on any atom is -0.456 e. The number of nitrogens with zero attached hydrogens (tertiary/aromatic N) is 1. The number of esters is 1. The van der Waals surface area contributed by atoms with Crippen LogP contribution < -0.4 is 10.6 Å². The van der Waals surface area contributed by atoms with E-state index in [1.54, 1.807) is 38.3 Å². The summed E-state index contributed by atoms with van der Waals surface area (Å²) in [7, 11) is 1.56. The predicted molar refractivity (Wildman–Crippen MR) is 107 cm³/mol. The second-order valence-corrected chi connectivity index (χ2v) is 8.05. The molecule has 8 heteroatoms. The van der Waals surface area contributed by atoms with Crippen LogP contribution in [0, 0.1) is 5.92 Å². The highest BCUT2D eigenvalue weighted by Gasteiger charge is 2.57. The van der Waals surface area contributed by atoms with Gasteiger partial charge in [-0.3, -0.25) is 10.1 Å². The first-order chi connectivity index (χ1) is 13.7. The van der Waals surface area contributed by atoms with Gasteiger partial charge in [-0.05, 0) is 31.9 Å². The topological polar surface area (TPSA) is 109 Å². The standard InChI is InChI=1S/C21H29N3O5/c1-5-21-12-16(29-18(26)14-9-7-6-8-10-14)20(3,27)11-15(21)17(28-4)23-19(24-21)22-13(2)25/h6-10,15-17,27H,5,11-12H2,1-4H3,(H2,22,23,24,25)/t15-,16-,17-,20+,21+/m1/s1. The van der Waals surface area contributed by atoms with Gasteiger partial charge in [0.15, 0.2) is 6.23 Å². The summed E-state index contributed by atoms with van der Waals surface area (Å²) in [5.74, 6) is -0.546. The lowest BCUT2D eigenvalue weighted by atomic mass is 9.63. The van der Waals surface area contributed by atoms with Gasteiger partial charge in [0.2, 0.25) is 11.9 Å². The summed E-state index contributed by atoms with van der Waals surface area (Å²) in [5, 5.41) is 17.1. The third-order valence-electron chi connectivity index (χ3n) is 5.98. The molecule has 3 N–H and O–H groups in total. The molecule has 0 spiro atoms. The van der Waals surface area contributed by atoms with Gasteiger partial charge < -0.3 is 19.9 Å². The van der Waals surface area contributed by atoms with Crippen molar-refractivity contribution in [2.75, 3.05) is 7.11 Å². The minimum absolute atomic E-state index is 0.156. The third kappa shape index (κ3) is 4.28. The van der Waals surface area contributed by atoms with Crippen LogP contribution >= 0.6 is 0 Å². The van der Waals surface area contributed by atoms with Crippen LogP contribution in [0.15, 0.2) is 35.3 Å². The molecule has 1 aromatic rings. The molecule has 5 atom stereocenters. The predicted octanol–water partition coefficient (Wildman–Crippen LogP) is 1.59. The van der Waals surface area contributed by atoms with Crippen molar-refractivity contribution in [3.05, 3.63) is 35.9 Å². The average Bonchev–Trinajstić information content (AvgIpc) is 2.68. The lowest BCUT2D eigenvalue weighted by Gasteiger charge is -2.55. The molecule has 8 nitrogen and oxygen atoms in total. The Morgan fingerprint density at radius 2 is 2.00 bits per heavy atom. The molecule has 1 aliphatic heterocycles. The Morgan fingerprint density at radius 3 is 2.59 bits per heavy atom. The highest BCUT2D eigenvalue weighted by Crippen LogP contribution is 2.46. The molecule has 158 valence electrons. The molecular weight excluding hydrogens is 374 g/mol. The van der Waals surface area contributed by atoms with E-state index in [0.29, 0.717) is 30.8 Å². The molecule has 0 saturated heterocycles. The summed E-state index contributed by atoms with van der Waals surface area (Å²) in [6.45, 7) is 5.10. The molecule has 0 bridgehead atoms. The van der Waals surface area contributed by atoms with Gasteiger partial charge >= 0.3 is 5.97 Å². The number of methoxy groups -OCH3 is 1. The number of aliphatic imine (C=N–C) groups is 1. The van der Waals surface area contributed by atoms with E-state index in [4.69, 9.17) is 9.47 Å². The number of nitrogens with one attached hydrogen (secondary N) is 2. The van der Waals surface area contributed by atoms with Crippen molar-refractivity contribution >= 4 is 17.8 Å². The molecule has 0 unspecified atom stereocenters. The van der Waals surface area contributed by atoms with E-state index in [-0.39, 0.29) is 11.8 Å². The Morgan fingerprint density at radius 1 is 1.31 bits per heavy atom. The molecule has 1 saturated carbocycles. The van der Waals surface area contributed by atoms with Crippen molar-refractivity contribution in [2.24, 2.45) is 10.9 Å². The van der Waals surface area contributed by atoms with E-state index >= 15 is 0 Å². The van der Waals surface area contributed by atoms with Crippen LogP contribution in [0.5, 0.6) is 0 Å². The largest absolute Gasteiger partial charge is 0.456 e. The SMILES string of the molecule is CC[C@]12C[C@@H](OC(=O)c3ccccc3)[C@@](C)(O)C[C@@H]1[C@@H](OC)N=C(NC(C)=O)N2. The Hall–Kier alpha value is -2.45. The van der Waals surface area contributed by atoms with Crippen molar-refractivity contribution in [3.8, 4) is 0 Å². The molecule has 1 aromatic carbocycles. The van der Waals surface area contributed by atoms with E-state index in [1.807, 2.05) is 13.0 Å². The van der Waals surface area contributed by atoms with Crippen LogP contribution in [0.4, 0.5) is 0 Å². The number of amides is 1. The quantitative estimate of drug-likeness (QED) is 0.659. The molecule has 29 heavy (non-hydrogen) atoms. The summed E-state index contributed by atoms with van der Waals surface area (Å²) >= 11 is 0. The minimum atomic E-state index is -1.24. The van der Waals surface area contributed by atoms with Gasteiger partial charge in [0.25, 0.3) is 0 Å². The molecule has 3 rings (SSSR count). The maximum atomic E-state index is 12.6. The van der Waals surface area contributed by atoms with Gasteiger partial charge in [0.05, 0.1) is 16.7 Å². The fourth-order valence-electron chi connectivity index (χ4n) is 4.36. The highest BCUT2D eigenvalue weighted by molar-refractivity contribution is 5.96. The monoisotopic (exact) mass is 403 g/mol. The van der Waals surface area contributed by atoms with Gasteiger partial charge in [-0.1, -0.05) is 25.1 Å². The van der Waals surface area contributed by atoms with Crippen LogP contribution in [-0.4, -0.2) is 53.5 Å². The average molecular weight is 403 g/mol. The van der Waals surface area contributed by atoms with E-state index in [0.717, 1.165) is 0 Å². The molecule has 1 heterocycles. The highest BCUT2D eigenvalue weighted by atomic mass is 16.6. The molecule has 2 aliphatic rings. The van der Waals surface area contributed by atoms with Gasteiger partial charge in [-0.15, -0.1) is 0 Å². The maximum Gasteiger partial charge on any atom is 0.338 e. The van der Waals surface area contributed by atoms with Crippen LogP contribution in [0.3, 0.4) is 0 Å². The number of carbonyl (C=O) groups excluding carboxylic acids is 2. The fraction of sp³-hybridized carbons (Fsp3) is 0.571. The Labute approximate surface area is 170 Å². The molecule has 0 aromatic heterocycles. The number of fused-ring (bicyclic) bond motifs is 1. The maximum absolute atomic E-state index is 12.6. The molecule has 0 radical (unpaired) electrons. The van der Waals surface area contributed by atoms with Gasteiger partial charge in [0.1, 0.15) is 6.10 Å². The number of hydrogen-bond acceptors (Lipinski definition) is 7. The summed E-state index contributed by atoms with van der Waals surface area (Å²) in [5.41, 5.74) is -1.36. The number of guanidine groups is 1. The van der Waals surface area contributed by atoms with Crippen molar-refractivity contribution in [1.29, 1.82) is 0 Å². The summed E-state index contributed by atoms with van der Waals surface area (Å²) in [6.07, 6.45) is 0.100. The van der Waals surface area contributed by atoms with E-state index in [1.165, 1.54) is 6.92 Å². The molecule has 1 aliphatic carbocycles. The number of rotatable bonds is 4. The number of ether oxygens (including phenoxy) is 2. The molecule has 1 fully saturated rings. The van der Waals surface area contributed by atoms with Crippen LogP contribution in [0.2, 0.25) is 0 Å². The lowest BCUT2D eigenvalue weighted by Crippen LogP contribution is -2.70. The van der Waals surface area contributed by atoms with Crippen molar-refractivity contribution < 1.29 is 24.2 Å². The van der Waals surface area contributed by atoms with Crippen molar-refractivity contribution in [2.45, 2.75) is 63.5 Å². The molecule has 1 amide bonds. The summed E-state index contributed by atoms with van der Waals surface area (Å²) in [4.78, 5) is 28.6. The van der Waals surface area contributed by atoms with E-state index < -0.39 is 29.4 Å². The molecular formula is C21H29N3O5. The number of carbonyl (C=O) groups is 2. The summed E-state index contributed by atoms with van der Waals surface area (Å²) in [6, 6.07) is 8.71. The Bertz CT molecular complexity index is 795. The zero-order valence-electron chi connectivity index (χ0n) is 17.3. The first-order valence-corrected chi connectivity index (χ1v) is 9.85. The smallest absolute Gasteiger partial charge is 0.338 e. The summed E-state index contributed by atoms with van der Waals surface area (Å²) < 4.78 is 11.3. The fourth-order valence-corrected chi connectivity index (χ4v) is 4.36. The second kappa shape index (κ2) is 8.12. The first kappa shape index (κ1) is 21.3. The Balaban J connectivity index is 1.89. The van der Waals surface area contributed by atoms with Gasteiger partial charge in [-0.25, -0.2) is 9.79 Å².